The molecule has 0 saturated carbocycles. The predicted octanol–water partition coefficient (Wildman–Crippen LogP) is 5.09. The number of halogens is 2. The van der Waals surface area contributed by atoms with Crippen LogP contribution in [0.15, 0.2) is 42.5 Å². The van der Waals surface area contributed by atoms with Crippen molar-refractivity contribution in [2.75, 3.05) is 19.6 Å². The molecular weight excluding hydrogens is 508 g/mol. The molecule has 30 heavy (non-hydrogen) atoms. The quantitative estimate of drug-likeness (QED) is 0.235. The number of aromatic hydroxyl groups is 2. The fourth-order valence-corrected chi connectivity index (χ4v) is 3.99. The Hall–Kier alpha value is -1.08. The summed E-state index contributed by atoms with van der Waals surface area (Å²) in [5.41, 5.74) is 4.11. The zero-order chi connectivity index (χ0) is 19.6. The molecule has 0 amide bonds. The van der Waals surface area contributed by atoms with Crippen LogP contribution in [0.3, 0.4) is 0 Å². The van der Waals surface area contributed by atoms with Gasteiger partial charge < -0.3 is 20.8 Å². The second-order valence-corrected chi connectivity index (χ2v) is 7.90. The lowest BCUT2D eigenvalue weighted by Crippen LogP contribution is -2.35. The molecule has 1 aliphatic carbocycles. The van der Waals surface area contributed by atoms with E-state index < -0.39 is 0 Å². The average molecular weight is 544 g/mol. The molecule has 6 heteroatoms. The predicted molar refractivity (Wildman–Crippen MR) is 136 cm³/mol. The number of phenolic OH excluding ortho intramolecular Hbond substituents is 2. The lowest BCUT2D eigenvalue weighted by molar-refractivity contribution is 0.403. The molecule has 3 rings (SSSR count). The van der Waals surface area contributed by atoms with Crippen LogP contribution in [0.1, 0.15) is 48.8 Å². The molecule has 168 valence electrons. The van der Waals surface area contributed by atoms with Crippen molar-refractivity contribution in [3.8, 4) is 11.5 Å². The van der Waals surface area contributed by atoms with E-state index in [1.165, 1.54) is 56.1 Å². The van der Waals surface area contributed by atoms with Crippen LogP contribution in [0, 0.1) is 0 Å². The topological polar surface area (TPSA) is 64.5 Å². The van der Waals surface area contributed by atoms with Crippen molar-refractivity contribution in [3.63, 3.8) is 0 Å². The Bertz CT molecular complexity index is 743. The van der Waals surface area contributed by atoms with Gasteiger partial charge in [0.25, 0.3) is 0 Å². The van der Waals surface area contributed by atoms with Gasteiger partial charge >= 0.3 is 0 Å². The maximum atomic E-state index is 9.49. The van der Waals surface area contributed by atoms with Gasteiger partial charge in [-0.15, -0.1) is 34.0 Å². The normalized spacial score (nSPS) is 15.0. The number of hydrogen-bond donors (Lipinski definition) is 4. The number of phenols is 2. The summed E-state index contributed by atoms with van der Waals surface area (Å²) in [6.45, 7) is 3.07. The van der Waals surface area contributed by atoms with Crippen molar-refractivity contribution in [2.45, 2.75) is 57.4 Å². The van der Waals surface area contributed by atoms with Crippen LogP contribution in [0.2, 0.25) is 0 Å². The van der Waals surface area contributed by atoms with Crippen LogP contribution in [0.4, 0.5) is 0 Å². The van der Waals surface area contributed by atoms with Crippen molar-refractivity contribution in [1.29, 1.82) is 0 Å². The van der Waals surface area contributed by atoms with Crippen molar-refractivity contribution in [3.05, 3.63) is 59.2 Å². The summed E-state index contributed by atoms with van der Waals surface area (Å²) in [4.78, 5) is 0. The van der Waals surface area contributed by atoms with Gasteiger partial charge in [-0.05, 0) is 87.0 Å². The van der Waals surface area contributed by atoms with E-state index in [0.29, 0.717) is 6.04 Å². The summed E-state index contributed by atoms with van der Waals surface area (Å²) in [7, 11) is 0. The van der Waals surface area contributed by atoms with Crippen LogP contribution in [0.5, 0.6) is 11.5 Å². The molecule has 2 aromatic carbocycles. The van der Waals surface area contributed by atoms with E-state index in [1.807, 2.05) is 6.07 Å². The fraction of sp³-hybridized carbons (Fsp3) is 0.500. The lowest BCUT2D eigenvalue weighted by Gasteiger charge is -2.25. The van der Waals surface area contributed by atoms with Gasteiger partial charge in [0.15, 0.2) is 11.5 Å². The van der Waals surface area contributed by atoms with Crippen LogP contribution >= 0.6 is 34.0 Å². The number of rotatable bonds is 11. The molecule has 1 aliphatic rings. The van der Waals surface area contributed by atoms with E-state index in [4.69, 9.17) is 0 Å². The summed E-state index contributed by atoms with van der Waals surface area (Å²) in [5, 5.41) is 26.0. The van der Waals surface area contributed by atoms with Gasteiger partial charge in [-0.1, -0.05) is 43.2 Å². The third kappa shape index (κ3) is 8.96. The molecule has 0 aliphatic heterocycles. The van der Waals surface area contributed by atoms with E-state index in [9.17, 15) is 10.2 Å². The average Bonchev–Trinajstić information content (AvgIpc) is 2.72. The zero-order valence-corrected chi connectivity index (χ0v) is 21.0. The van der Waals surface area contributed by atoms with Gasteiger partial charge in [0.2, 0.25) is 0 Å². The summed E-state index contributed by atoms with van der Waals surface area (Å²) in [6, 6.07) is 14.5. The first-order valence-corrected chi connectivity index (χ1v) is 10.7. The standard InChI is InChI=1S/C24H34N2O2.2BrH/c27-23-12-9-19(17-24(23)28)13-16-25-14-5-1-2-6-15-26-22-11-10-20-7-3-4-8-21(20)18-22;;/h3-4,7-9,12,17,22,25-28H,1-2,5-6,10-11,13-16,18H2;2*1H. The summed E-state index contributed by atoms with van der Waals surface area (Å²) >= 11 is 0. The van der Waals surface area contributed by atoms with E-state index in [0.717, 1.165) is 31.6 Å². The molecule has 0 bridgehead atoms. The number of fused-ring (bicyclic) bond motifs is 1. The summed E-state index contributed by atoms with van der Waals surface area (Å²) in [5.74, 6) is -0.0944. The van der Waals surface area contributed by atoms with E-state index in [1.54, 1.807) is 12.1 Å². The second-order valence-electron chi connectivity index (χ2n) is 7.90. The molecule has 0 spiro atoms. The van der Waals surface area contributed by atoms with Crippen LogP contribution in [-0.2, 0) is 19.3 Å². The Kier molecular flexibility index (Phi) is 13.3. The smallest absolute Gasteiger partial charge is 0.157 e. The Labute approximate surface area is 202 Å². The van der Waals surface area contributed by atoms with Gasteiger partial charge in [-0.2, -0.15) is 0 Å². The van der Waals surface area contributed by atoms with E-state index >= 15 is 0 Å². The summed E-state index contributed by atoms with van der Waals surface area (Å²) in [6.07, 6.45) is 9.53. The second kappa shape index (κ2) is 14.8. The number of unbranched alkanes of at least 4 members (excludes halogenated alkanes) is 3. The van der Waals surface area contributed by atoms with Crippen molar-refractivity contribution < 1.29 is 10.2 Å². The maximum absolute atomic E-state index is 9.49. The molecule has 4 nitrogen and oxygen atoms in total. The first-order chi connectivity index (χ1) is 13.7. The minimum Gasteiger partial charge on any atom is -0.504 e. The highest BCUT2D eigenvalue weighted by molar-refractivity contribution is 8.93. The monoisotopic (exact) mass is 542 g/mol. The van der Waals surface area contributed by atoms with E-state index in [2.05, 4.69) is 34.9 Å². The Morgan fingerprint density at radius 1 is 0.800 bits per heavy atom. The lowest BCUT2D eigenvalue weighted by atomic mass is 9.88. The number of aryl methyl sites for hydroxylation is 1. The van der Waals surface area contributed by atoms with E-state index in [-0.39, 0.29) is 45.5 Å². The van der Waals surface area contributed by atoms with Gasteiger partial charge in [-0.3, -0.25) is 0 Å². The highest BCUT2D eigenvalue weighted by Crippen LogP contribution is 2.25. The van der Waals surface area contributed by atoms with Gasteiger partial charge in [-0.25, -0.2) is 0 Å². The zero-order valence-electron chi connectivity index (χ0n) is 17.6. The first-order valence-electron chi connectivity index (χ1n) is 10.7. The first kappa shape index (κ1) is 27.0. The Balaban J connectivity index is 0.00000225. The third-order valence-corrected chi connectivity index (χ3v) is 5.69. The highest BCUT2D eigenvalue weighted by Gasteiger charge is 2.16. The number of hydrogen-bond acceptors (Lipinski definition) is 4. The van der Waals surface area contributed by atoms with Crippen molar-refractivity contribution >= 4 is 34.0 Å². The van der Waals surface area contributed by atoms with Crippen LogP contribution < -0.4 is 10.6 Å². The summed E-state index contributed by atoms with van der Waals surface area (Å²) < 4.78 is 0. The molecule has 2 aromatic rings. The molecule has 1 unspecified atom stereocenters. The molecule has 0 radical (unpaired) electrons. The molecule has 0 aromatic heterocycles. The maximum Gasteiger partial charge on any atom is 0.157 e. The van der Waals surface area contributed by atoms with Crippen LogP contribution in [-0.4, -0.2) is 35.9 Å². The minimum atomic E-state index is -0.0560. The van der Waals surface area contributed by atoms with Crippen molar-refractivity contribution in [2.24, 2.45) is 0 Å². The molecule has 0 fully saturated rings. The fourth-order valence-electron chi connectivity index (χ4n) is 3.99. The Morgan fingerprint density at radius 2 is 1.53 bits per heavy atom. The molecule has 0 saturated heterocycles. The highest BCUT2D eigenvalue weighted by atomic mass is 79.9. The molecule has 4 N–H and O–H groups in total. The van der Waals surface area contributed by atoms with Crippen molar-refractivity contribution in [1.82, 2.24) is 10.6 Å². The molecular formula is C24H36Br2N2O2. The molecule has 0 heterocycles. The van der Waals surface area contributed by atoms with Crippen LogP contribution in [0.25, 0.3) is 0 Å². The third-order valence-electron chi connectivity index (χ3n) is 5.69. The number of benzene rings is 2. The number of nitrogens with one attached hydrogen (secondary N) is 2. The SMILES string of the molecule is Br.Br.Oc1ccc(CCNCCCCCCNC2CCc3ccccc3C2)cc1O. The van der Waals surface area contributed by atoms with Gasteiger partial charge in [0, 0.05) is 6.04 Å². The largest absolute Gasteiger partial charge is 0.504 e. The molecule has 1 atom stereocenters. The van der Waals surface area contributed by atoms with Gasteiger partial charge in [0.1, 0.15) is 0 Å². The van der Waals surface area contributed by atoms with Gasteiger partial charge in [0.05, 0.1) is 0 Å². The minimum absolute atomic E-state index is 0. The Morgan fingerprint density at radius 3 is 2.30 bits per heavy atom.